The van der Waals surface area contributed by atoms with Crippen LogP contribution >= 0.6 is 11.3 Å². The average Bonchev–Trinajstić information content (AvgIpc) is 3.10. The van der Waals surface area contributed by atoms with Crippen molar-refractivity contribution in [2.45, 2.75) is 46.0 Å². The van der Waals surface area contributed by atoms with E-state index in [1.165, 1.54) is 29.1 Å². The maximum atomic E-state index is 12.2. The van der Waals surface area contributed by atoms with Gasteiger partial charge in [0.05, 0.1) is 5.56 Å². The molecule has 6 heteroatoms. The van der Waals surface area contributed by atoms with Gasteiger partial charge < -0.3 is 9.84 Å². The van der Waals surface area contributed by atoms with Gasteiger partial charge >= 0.3 is 0 Å². The molecule has 0 aromatic carbocycles. The number of carbonyl (C=O) groups is 1. The minimum Gasteiger partial charge on any atom is -0.361 e. The molecule has 0 fully saturated rings. The van der Waals surface area contributed by atoms with E-state index >= 15 is 0 Å². The third-order valence-electron chi connectivity index (χ3n) is 4.26. The molecule has 120 valence electrons. The van der Waals surface area contributed by atoms with E-state index in [9.17, 15) is 10.1 Å². The number of hydrogen-bond donors (Lipinski definition) is 1. The third-order valence-corrected chi connectivity index (χ3v) is 5.43. The van der Waals surface area contributed by atoms with Gasteiger partial charge in [-0.15, -0.1) is 11.3 Å². The van der Waals surface area contributed by atoms with Gasteiger partial charge in [-0.1, -0.05) is 24.9 Å². The lowest BCUT2D eigenvalue weighted by Gasteiger charge is -2.21. The summed E-state index contributed by atoms with van der Waals surface area (Å²) in [5.74, 6) is 0.949. The minimum absolute atomic E-state index is 0.238. The van der Waals surface area contributed by atoms with E-state index in [-0.39, 0.29) is 11.6 Å². The Morgan fingerprint density at radius 3 is 3.09 bits per heavy atom. The summed E-state index contributed by atoms with van der Waals surface area (Å²) in [6.07, 6.45) is 5.48. The molecule has 0 aliphatic heterocycles. The number of fused-ring (bicyclic) bond motifs is 1. The summed E-state index contributed by atoms with van der Waals surface area (Å²) in [5.41, 5.74) is 1.98. The molecule has 1 amide bonds. The maximum absolute atomic E-state index is 12.2. The first-order valence-corrected chi connectivity index (χ1v) is 8.73. The van der Waals surface area contributed by atoms with Crippen molar-refractivity contribution in [2.75, 3.05) is 5.32 Å². The van der Waals surface area contributed by atoms with Gasteiger partial charge in [-0.2, -0.15) is 5.26 Å². The number of anilines is 1. The topological polar surface area (TPSA) is 78.9 Å². The molecule has 2 aromatic heterocycles. The summed E-state index contributed by atoms with van der Waals surface area (Å²) in [6, 6.07) is 3.85. The standard InChI is InChI=1S/C17H19N3O2S/c1-3-4-11-5-6-12-13(9-18)17(23-15(12)8-11)19-16(21)14-7-10(2)22-20-14/h7,11H,3-6,8H2,1-2H3,(H,19,21)/t11-/m1/s1. The Morgan fingerprint density at radius 1 is 1.61 bits per heavy atom. The van der Waals surface area contributed by atoms with Gasteiger partial charge in [0.1, 0.15) is 16.8 Å². The molecular weight excluding hydrogens is 310 g/mol. The molecule has 0 unspecified atom stereocenters. The van der Waals surface area contributed by atoms with Gasteiger partial charge in [0.15, 0.2) is 5.69 Å². The second-order valence-corrected chi connectivity index (χ2v) is 7.10. The quantitative estimate of drug-likeness (QED) is 0.917. The van der Waals surface area contributed by atoms with Crippen molar-refractivity contribution in [2.24, 2.45) is 5.92 Å². The van der Waals surface area contributed by atoms with Crippen LogP contribution in [0.25, 0.3) is 0 Å². The van der Waals surface area contributed by atoms with Crippen molar-refractivity contribution in [1.82, 2.24) is 5.16 Å². The van der Waals surface area contributed by atoms with Crippen molar-refractivity contribution in [1.29, 1.82) is 5.26 Å². The number of aromatic nitrogens is 1. The summed E-state index contributed by atoms with van der Waals surface area (Å²) >= 11 is 1.53. The van der Waals surface area contributed by atoms with Crippen molar-refractivity contribution < 1.29 is 9.32 Å². The van der Waals surface area contributed by atoms with Crippen LogP contribution in [0.4, 0.5) is 5.00 Å². The summed E-state index contributed by atoms with van der Waals surface area (Å²) in [4.78, 5) is 13.5. The molecule has 3 rings (SSSR count). The Balaban J connectivity index is 1.83. The molecule has 0 saturated heterocycles. The number of rotatable bonds is 4. The summed E-state index contributed by atoms with van der Waals surface area (Å²) in [5, 5.41) is 16.7. The van der Waals surface area contributed by atoms with Crippen LogP contribution in [-0.4, -0.2) is 11.1 Å². The van der Waals surface area contributed by atoms with Crippen LogP contribution in [0.5, 0.6) is 0 Å². The second-order valence-electron chi connectivity index (χ2n) is 5.99. The number of hydrogen-bond acceptors (Lipinski definition) is 5. The van der Waals surface area contributed by atoms with Crippen LogP contribution in [0.15, 0.2) is 10.6 Å². The zero-order valence-electron chi connectivity index (χ0n) is 13.3. The molecule has 2 heterocycles. The Kier molecular flexibility index (Phi) is 4.49. The highest BCUT2D eigenvalue weighted by Crippen LogP contribution is 2.40. The van der Waals surface area contributed by atoms with Gasteiger partial charge in [0, 0.05) is 10.9 Å². The third kappa shape index (κ3) is 3.15. The van der Waals surface area contributed by atoms with Crippen LogP contribution in [0.1, 0.15) is 58.4 Å². The number of amides is 1. The van der Waals surface area contributed by atoms with Crippen LogP contribution in [0.2, 0.25) is 0 Å². The van der Waals surface area contributed by atoms with Crippen molar-refractivity contribution in [3.05, 3.63) is 33.5 Å². The van der Waals surface area contributed by atoms with Gasteiger partial charge in [-0.3, -0.25) is 4.79 Å². The lowest BCUT2D eigenvalue weighted by atomic mass is 9.85. The Hall–Kier alpha value is -2.13. The first kappa shape index (κ1) is 15.8. The van der Waals surface area contributed by atoms with E-state index in [1.54, 1.807) is 13.0 Å². The fraction of sp³-hybridized carbons (Fsp3) is 0.471. The van der Waals surface area contributed by atoms with Crippen LogP contribution in [-0.2, 0) is 12.8 Å². The van der Waals surface area contributed by atoms with E-state index in [4.69, 9.17) is 4.52 Å². The zero-order valence-corrected chi connectivity index (χ0v) is 14.1. The van der Waals surface area contributed by atoms with Gasteiger partial charge in [-0.05, 0) is 37.7 Å². The molecule has 0 radical (unpaired) electrons. The Labute approximate surface area is 139 Å². The van der Waals surface area contributed by atoms with Crippen molar-refractivity contribution >= 4 is 22.2 Å². The van der Waals surface area contributed by atoms with Crippen LogP contribution < -0.4 is 5.32 Å². The normalized spacial score (nSPS) is 16.7. The van der Waals surface area contributed by atoms with E-state index in [0.717, 1.165) is 24.8 Å². The van der Waals surface area contributed by atoms with Crippen LogP contribution in [0.3, 0.4) is 0 Å². The molecule has 5 nitrogen and oxygen atoms in total. The number of nitrogens with zero attached hydrogens (tertiary/aromatic N) is 2. The molecule has 1 N–H and O–H groups in total. The number of aryl methyl sites for hydroxylation is 1. The number of thiophene rings is 1. The second kappa shape index (κ2) is 6.55. The maximum Gasteiger partial charge on any atom is 0.278 e. The smallest absolute Gasteiger partial charge is 0.278 e. The molecule has 1 aliphatic rings. The van der Waals surface area contributed by atoms with Gasteiger partial charge in [0.2, 0.25) is 0 Å². The molecular formula is C17H19N3O2S. The van der Waals surface area contributed by atoms with E-state index in [2.05, 4.69) is 23.5 Å². The highest BCUT2D eigenvalue weighted by molar-refractivity contribution is 7.16. The van der Waals surface area contributed by atoms with Crippen molar-refractivity contribution in [3.63, 3.8) is 0 Å². The number of nitrogens with one attached hydrogen (secondary N) is 1. The Morgan fingerprint density at radius 2 is 2.43 bits per heavy atom. The van der Waals surface area contributed by atoms with Gasteiger partial charge in [0.25, 0.3) is 5.91 Å². The fourth-order valence-corrected chi connectivity index (χ4v) is 4.46. The Bertz CT molecular complexity index is 769. The summed E-state index contributed by atoms with van der Waals surface area (Å²) in [6.45, 7) is 3.94. The minimum atomic E-state index is -0.331. The fourth-order valence-electron chi connectivity index (χ4n) is 3.16. The monoisotopic (exact) mass is 329 g/mol. The lowest BCUT2D eigenvalue weighted by molar-refractivity contribution is 0.101. The summed E-state index contributed by atoms with van der Waals surface area (Å²) in [7, 11) is 0. The predicted molar refractivity (Wildman–Crippen MR) is 88.7 cm³/mol. The molecule has 0 spiro atoms. The van der Waals surface area contributed by atoms with Crippen molar-refractivity contribution in [3.8, 4) is 6.07 Å². The molecule has 1 aliphatic carbocycles. The van der Waals surface area contributed by atoms with Gasteiger partial charge in [-0.25, -0.2) is 0 Å². The van der Waals surface area contributed by atoms with E-state index < -0.39 is 0 Å². The zero-order chi connectivity index (χ0) is 16.4. The molecule has 0 saturated carbocycles. The largest absolute Gasteiger partial charge is 0.361 e. The van der Waals surface area contributed by atoms with Crippen LogP contribution in [0, 0.1) is 24.2 Å². The highest BCUT2D eigenvalue weighted by atomic mass is 32.1. The van der Waals surface area contributed by atoms with E-state index in [0.29, 0.717) is 22.2 Å². The molecule has 23 heavy (non-hydrogen) atoms. The number of nitriles is 1. The number of carbonyl (C=O) groups excluding carboxylic acids is 1. The first-order valence-electron chi connectivity index (χ1n) is 7.91. The predicted octanol–water partition coefficient (Wildman–Crippen LogP) is 4.07. The molecule has 1 atom stereocenters. The SMILES string of the molecule is CCC[C@@H]1CCc2c(sc(NC(=O)c3cc(C)on3)c2C#N)C1. The highest BCUT2D eigenvalue weighted by Gasteiger charge is 2.26. The molecule has 0 bridgehead atoms. The molecule has 2 aromatic rings. The first-order chi connectivity index (χ1) is 11.1. The lowest BCUT2D eigenvalue weighted by Crippen LogP contribution is -2.13. The van der Waals surface area contributed by atoms with E-state index in [1.807, 2.05) is 0 Å². The summed E-state index contributed by atoms with van der Waals surface area (Å²) < 4.78 is 4.93. The average molecular weight is 329 g/mol.